The Morgan fingerprint density at radius 2 is 1.77 bits per heavy atom. The smallest absolute Gasteiger partial charge is 0.419 e. The summed E-state index contributed by atoms with van der Waals surface area (Å²) in [5.74, 6) is -2.37. The van der Waals surface area contributed by atoms with E-state index in [9.17, 15) is 24.3 Å². The van der Waals surface area contributed by atoms with Crippen LogP contribution in [0.25, 0.3) is 10.9 Å². The average molecular weight is 548 g/mol. The van der Waals surface area contributed by atoms with Crippen LogP contribution >= 0.6 is 0 Å². The Morgan fingerprint density at radius 3 is 2.40 bits per heavy atom. The molecule has 1 aromatic heterocycles. The Morgan fingerprint density at radius 1 is 1.10 bits per heavy atom. The molecule has 0 aliphatic heterocycles. The molecule has 0 saturated carbocycles. The molecular weight excluding hydrogens is 514 g/mol. The molecule has 0 aliphatic rings. The highest BCUT2D eigenvalue weighted by molar-refractivity contribution is 5.93. The summed E-state index contributed by atoms with van der Waals surface area (Å²) in [6, 6.07) is 13.4. The molecule has 5 N–H and O–H groups in total. The van der Waals surface area contributed by atoms with Gasteiger partial charge in [-0.3, -0.25) is 14.2 Å². The fraction of sp³-hybridized carbons (Fsp3) is 0.345. The van der Waals surface area contributed by atoms with Crippen LogP contribution in [-0.4, -0.2) is 51.2 Å². The molecule has 0 aliphatic carbocycles. The van der Waals surface area contributed by atoms with Crippen molar-refractivity contribution in [1.29, 1.82) is 5.26 Å². The number of carbonyl (C=O) groups excluding carboxylic acids is 3. The second-order valence-electron chi connectivity index (χ2n) is 10.4. The van der Waals surface area contributed by atoms with E-state index in [1.807, 2.05) is 6.07 Å². The Bertz CT molecular complexity index is 1430. The van der Waals surface area contributed by atoms with Crippen molar-refractivity contribution in [2.24, 2.45) is 5.73 Å². The van der Waals surface area contributed by atoms with Gasteiger partial charge >= 0.3 is 12.1 Å². The van der Waals surface area contributed by atoms with Crippen LogP contribution in [0.15, 0.2) is 54.7 Å². The fourth-order valence-corrected chi connectivity index (χ4v) is 4.00. The van der Waals surface area contributed by atoms with E-state index < -0.39 is 35.7 Å². The van der Waals surface area contributed by atoms with Crippen molar-refractivity contribution in [1.82, 2.24) is 15.2 Å². The van der Waals surface area contributed by atoms with Crippen LogP contribution in [0.3, 0.4) is 0 Å². The minimum Gasteiger partial charge on any atom is -0.480 e. The number of carboxylic acids is 1. The predicted molar refractivity (Wildman–Crippen MR) is 147 cm³/mol. The fourth-order valence-electron chi connectivity index (χ4n) is 4.00. The highest BCUT2D eigenvalue weighted by Gasteiger charge is 2.26. The normalized spacial score (nSPS) is 12.7. The predicted octanol–water partition coefficient (Wildman–Crippen LogP) is 2.83. The molecule has 3 rings (SSSR count). The number of hydrogen-bond donors (Lipinski definition) is 4. The summed E-state index contributed by atoms with van der Waals surface area (Å²) in [5, 5.41) is 24.3. The van der Waals surface area contributed by atoms with Crippen molar-refractivity contribution in [3.8, 4) is 6.07 Å². The van der Waals surface area contributed by atoms with Crippen LogP contribution in [0, 0.1) is 11.3 Å². The van der Waals surface area contributed by atoms with Gasteiger partial charge in [0.25, 0.3) is 0 Å². The minimum atomic E-state index is -1.32. The standard InChI is InChI=1S/C29H33N5O6/c1-29(2,3)40-28(39)34-17-20(21-6-4-5-7-24(21)34)14-22(31)26(36)33-23(27(37)38)12-13-25(35)32-16-19-10-8-18(15-30)9-11-19/h4-11,17,22-23H,12-14,16,31H2,1-3H3,(H,32,35)(H,33,36)(H,37,38)/t22-,23+/m1/s1. The monoisotopic (exact) mass is 547 g/mol. The Kier molecular flexibility index (Phi) is 9.63. The number of carbonyl (C=O) groups is 4. The largest absolute Gasteiger partial charge is 0.480 e. The van der Waals surface area contributed by atoms with Gasteiger partial charge in [0.05, 0.1) is 23.2 Å². The number of fused-ring (bicyclic) bond motifs is 1. The molecule has 40 heavy (non-hydrogen) atoms. The number of nitrogens with two attached hydrogens (primary N) is 1. The summed E-state index contributed by atoms with van der Waals surface area (Å²) in [6.07, 6.45) is 0.770. The summed E-state index contributed by atoms with van der Waals surface area (Å²) in [4.78, 5) is 49.6. The van der Waals surface area contributed by atoms with E-state index in [0.717, 1.165) is 5.56 Å². The van der Waals surface area contributed by atoms with Crippen LogP contribution in [0.4, 0.5) is 4.79 Å². The molecule has 0 bridgehead atoms. The van der Waals surface area contributed by atoms with Gasteiger partial charge in [-0.05, 0) is 62.9 Å². The maximum Gasteiger partial charge on any atom is 0.419 e. The Hall–Kier alpha value is -4.69. The van der Waals surface area contributed by atoms with E-state index >= 15 is 0 Å². The highest BCUT2D eigenvalue weighted by Crippen LogP contribution is 2.24. The lowest BCUT2D eigenvalue weighted by molar-refractivity contribution is -0.142. The summed E-state index contributed by atoms with van der Waals surface area (Å²) in [6.45, 7) is 5.50. The molecule has 3 aromatic rings. The van der Waals surface area contributed by atoms with E-state index in [4.69, 9.17) is 15.7 Å². The number of benzene rings is 2. The van der Waals surface area contributed by atoms with Gasteiger partial charge in [0.1, 0.15) is 11.6 Å². The second-order valence-corrected chi connectivity index (χ2v) is 10.4. The number of hydrogen-bond acceptors (Lipinski definition) is 7. The zero-order chi connectivity index (χ0) is 29.4. The summed E-state index contributed by atoms with van der Waals surface area (Å²) in [7, 11) is 0. The Balaban J connectivity index is 1.59. The van der Waals surface area contributed by atoms with Gasteiger partial charge in [-0.2, -0.15) is 5.26 Å². The van der Waals surface area contributed by atoms with Crippen molar-refractivity contribution < 1.29 is 29.0 Å². The van der Waals surface area contributed by atoms with Crippen molar-refractivity contribution in [3.63, 3.8) is 0 Å². The number of ether oxygens (including phenoxy) is 1. The van der Waals surface area contributed by atoms with Gasteiger partial charge in [-0.1, -0.05) is 30.3 Å². The second kappa shape index (κ2) is 12.9. The number of rotatable bonds is 10. The molecule has 1 heterocycles. The molecule has 0 unspecified atom stereocenters. The maximum absolute atomic E-state index is 12.8. The number of nitrogens with zero attached hydrogens (tertiary/aromatic N) is 2. The number of aromatic nitrogens is 1. The molecule has 2 atom stereocenters. The van der Waals surface area contributed by atoms with Crippen LogP contribution in [0.1, 0.15) is 50.3 Å². The Labute approximate surface area is 231 Å². The van der Waals surface area contributed by atoms with E-state index in [1.54, 1.807) is 75.5 Å². The van der Waals surface area contributed by atoms with Crippen LogP contribution in [-0.2, 0) is 32.1 Å². The first-order chi connectivity index (χ1) is 18.9. The van der Waals surface area contributed by atoms with Crippen LogP contribution in [0.2, 0.25) is 0 Å². The minimum absolute atomic E-state index is 0.0412. The number of carboxylic acid groups (broad SMARTS) is 1. The van der Waals surface area contributed by atoms with Gasteiger partial charge in [0.15, 0.2) is 0 Å². The topological polar surface area (TPSA) is 177 Å². The maximum atomic E-state index is 12.8. The molecule has 0 saturated heterocycles. The molecule has 2 amide bonds. The van der Waals surface area contributed by atoms with Gasteiger partial charge in [0, 0.05) is 24.5 Å². The zero-order valence-electron chi connectivity index (χ0n) is 22.6. The first kappa shape index (κ1) is 29.9. The van der Waals surface area contributed by atoms with E-state index in [1.165, 1.54) is 4.57 Å². The van der Waals surface area contributed by atoms with Crippen LogP contribution < -0.4 is 16.4 Å². The summed E-state index contributed by atoms with van der Waals surface area (Å²) >= 11 is 0. The number of nitriles is 1. The molecular formula is C29H33N5O6. The third-order valence-corrected chi connectivity index (χ3v) is 6.01. The van der Waals surface area contributed by atoms with Gasteiger partial charge < -0.3 is 26.2 Å². The molecule has 2 aromatic carbocycles. The summed E-state index contributed by atoms with van der Waals surface area (Å²) in [5.41, 5.74) is 7.94. The molecule has 0 spiro atoms. The van der Waals surface area contributed by atoms with Gasteiger partial charge in [-0.25, -0.2) is 9.59 Å². The molecule has 0 fully saturated rings. The molecule has 0 radical (unpaired) electrons. The number of amides is 2. The number of aliphatic carboxylic acids is 1. The highest BCUT2D eigenvalue weighted by atomic mass is 16.6. The summed E-state index contributed by atoms with van der Waals surface area (Å²) < 4.78 is 6.84. The quantitative estimate of drug-likeness (QED) is 0.299. The van der Waals surface area contributed by atoms with E-state index in [-0.39, 0.29) is 31.7 Å². The lowest BCUT2D eigenvalue weighted by Gasteiger charge is -2.19. The van der Waals surface area contributed by atoms with E-state index in [0.29, 0.717) is 22.0 Å². The molecule has 210 valence electrons. The number of nitrogens with one attached hydrogen (secondary N) is 2. The SMILES string of the molecule is CC(C)(C)OC(=O)n1cc(C[C@@H](N)C(=O)N[C@@H](CCC(=O)NCc2ccc(C#N)cc2)C(=O)O)c2ccccc21. The first-order valence-corrected chi connectivity index (χ1v) is 12.7. The van der Waals surface area contributed by atoms with Crippen molar-refractivity contribution >= 4 is 34.8 Å². The number of para-hydroxylation sites is 1. The first-order valence-electron chi connectivity index (χ1n) is 12.7. The lowest BCUT2D eigenvalue weighted by atomic mass is 10.0. The third-order valence-electron chi connectivity index (χ3n) is 6.01. The van der Waals surface area contributed by atoms with Crippen LogP contribution in [0.5, 0.6) is 0 Å². The lowest BCUT2D eigenvalue weighted by Crippen LogP contribution is -2.49. The third kappa shape index (κ3) is 8.15. The molecule has 11 nitrogen and oxygen atoms in total. The van der Waals surface area contributed by atoms with Gasteiger partial charge in [0.2, 0.25) is 11.8 Å². The average Bonchev–Trinajstić information content (AvgIpc) is 3.27. The van der Waals surface area contributed by atoms with E-state index in [2.05, 4.69) is 10.6 Å². The van der Waals surface area contributed by atoms with Gasteiger partial charge in [-0.15, -0.1) is 0 Å². The van der Waals surface area contributed by atoms with Crippen molar-refractivity contribution in [2.75, 3.05) is 0 Å². The van der Waals surface area contributed by atoms with Crippen molar-refractivity contribution in [3.05, 3.63) is 71.4 Å². The zero-order valence-corrected chi connectivity index (χ0v) is 22.6. The van der Waals surface area contributed by atoms with Crippen molar-refractivity contribution in [2.45, 2.75) is 64.3 Å². The molecule has 11 heteroatoms.